The number of hydrogen-bond acceptors (Lipinski definition) is 5. The molecular formula is C12H24N2O3. The molecule has 100 valence electrons. The molecule has 2 aliphatic rings. The number of nitrogens with one attached hydrogen (secondary N) is 1. The Balaban J connectivity index is 1.82. The smallest absolute Gasteiger partial charge is 0.0644 e. The molecule has 0 aliphatic carbocycles. The molecule has 2 aliphatic heterocycles. The molecule has 3 unspecified atom stereocenters. The highest BCUT2D eigenvalue weighted by Gasteiger charge is 2.28. The van der Waals surface area contributed by atoms with Gasteiger partial charge in [-0.15, -0.1) is 0 Å². The van der Waals surface area contributed by atoms with Gasteiger partial charge in [0.2, 0.25) is 0 Å². The Kier molecular flexibility index (Phi) is 5.18. The first-order valence-electron chi connectivity index (χ1n) is 6.56. The average Bonchev–Trinajstić information content (AvgIpc) is 2.40. The Hall–Kier alpha value is -0.200. The highest BCUT2D eigenvalue weighted by molar-refractivity contribution is 4.83. The third-order valence-corrected chi connectivity index (χ3v) is 3.67. The van der Waals surface area contributed by atoms with Crippen molar-refractivity contribution in [1.29, 1.82) is 0 Å². The van der Waals surface area contributed by atoms with Crippen molar-refractivity contribution >= 4 is 0 Å². The first-order valence-corrected chi connectivity index (χ1v) is 6.56. The van der Waals surface area contributed by atoms with Gasteiger partial charge in [-0.3, -0.25) is 4.90 Å². The normalized spacial score (nSPS) is 33.5. The fourth-order valence-corrected chi connectivity index (χ4v) is 2.72. The summed E-state index contributed by atoms with van der Waals surface area (Å²) >= 11 is 0. The van der Waals surface area contributed by atoms with Gasteiger partial charge in [-0.25, -0.2) is 0 Å². The topological polar surface area (TPSA) is 54.0 Å². The lowest BCUT2D eigenvalue weighted by Gasteiger charge is -2.40. The van der Waals surface area contributed by atoms with Crippen LogP contribution in [0.5, 0.6) is 0 Å². The number of nitrogens with zero attached hydrogens (tertiary/aromatic N) is 1. The Labute approximate surface area is 103 Å². The summed E-state index contributed by atoms with van der Waals surface area (Å²) in [5.41, 5.74) is 0. The minimum Gasteiger partial charge on any atom is -0.395 e. The second-order valence-electron chi connectivity index (χ2n) is 4.96. The van der Waals surface area contributed by atoms with E-state index in [1.165, 1.54) is 0 Å². The van der Waals surface area contributed by atoms with Crippen molar-refractivity contribution < 1.29 is 14.6 Å². The zero-order chi connectivity index (χ0) is 12.1. The van der Waals surface area contributed by atoms with Crippen molar-refractivity contribution in [2.45, 2.75) is 31.5 Å². The van der Waals surface area contributed by atoms with Crippen LogP contribution in [0.15, 0.2) is 0 Å². The van der Waals surface area contributed by atoms with Crippen LogP contribution < -0.4 is 5.32 Å². The minimum atomic E-state index is 0.156. The standard InChI is InChI=1S/C12H24N2O3/c1-10(6-11-8-16-4-2-13-11)14-3-5-17-9-12(14)7-15/h10-13,15H,2-9H2,1H3. The highest BCUT2D eigenvalue weighted by Crippen LogP contribution is 2.15. The fourth-order valence-electron chi connectivity index (χ4n) is 2.72. The van der Waals surface area contributed by atoms with E-state index in [2.05, 4.69) is 17.1 Å². The maximum Gasteiger partial charge on any atom is 0.0644 e. The zero-order valence-corrected chi connectivity index (χ0v) is 10.6. The minimum absolute atomic E-state index is 0.156. The molecule has 2 rings (SSSR count). The average molecular weight is 244 g/mol. The van der Waals surface area contributed by atoms with E-state index in [0.717, 1.165) is 39.3 Å². The van der Waals surface area contributed by atoms with Crippen molar-refractivity contribution in [1.82, 2.24) is 10.2 Å². The predicted molar refractivity (Wildman–Crippen MR) is 65.1 cm³/mol. The maximum absolute atomic E-state index is 9.35. The predicted octanol–water partition coefficient (Wildman–Crippen LogP) is -0.553. The van der Waals surface area contributed by atoms with Gasteiger partial charge in [-0.05, 0) is 13.3 Å². The number of rotatable bonds is 4. The Morgan fingerprint density at radius 3 is 2.88 bits per heavy atom. The summed E-state index contributed by atoms with van der Waals surface area (Å²) in [6.45, 7) is 7.32. The molecular weight excluding hydrogens is 220 g/mol. The summed E-state index contributed by atoms with van der Waals surface area (Å²) in [5, 5.41) is 12.8. The summed E-state index contributed by atoms with van der Waals surface area (Å²) in [4.78, 5) is 2.36. The van der Waals surface area contributed by atoms with E-state index in [1.807, 2.05) is 0 Å². The molecule has 0 bridgehead atoms. The molecule has 2 fully saturated rings. The molecule has 0 radical (unpaired) electrons. The van der Waals surface area contributed by atoms with Crippen LogP contribution in [0, 0.1) is 0 Å². The molecule has 2 N–H and O–H groups in total. The van der Waals surface area contributed by atoms with E-state index in [1.54, 1.807) is 0 Å². The van der Waals surface area contributed by atoms with E-state index in [9.17, 15) is 5.11 Å². The number of aliphatic hydroxyl groups excluding tert-OH is 1. The van der Waals surface area contributed by atoms with Gasteiger partial charge in [0.15, 0.2) is 0 Å². The Morgan fingerprint density at radius 1 is 1.35 bits per heavy atom. The van der Waals surface area contributed by atoms with Crippen LogP contribution in [0.4, 0.5) is 0 Å². The van der Waals surface area contributed by atoms with Crippen LogP contribution in [0.2, 0.25) is 0 Å². The molecule has 0 spiro atoms. The lowest BCUT2D eigenvalue weighted by Crippen LogP contribution is -2.54. The molecule has 2 saturated heterocycles. The maximum atomic E-state index is 9.35. The van der Waals surface area contributed by atoms with Crippen molar-refractivity contribution in [2.24, 2.45) is 0 Å². The molecule has 0 saturated carbocycles. The van der Waals surface area contributed by atoms with Crippen LogP contribution in [0.25, 0.3) is 0 Å². The number of aliphatic hydroxyl groups is 1. The first kappa shape index (κ1) is 13.2. The zero-order valence-electron chi connectivity index (χ0n) is 10.6. The summed E-state index contributed by atoms with van der Waals surface area (Å²) < 4.78 is 10.9. The second kappa shape index (κ2) is 6.66. The number of hydrogen-bond donors (Lipinski definition) is 2. The molecule has 0 amide bonds. The van der Waals surface area contributed by atoms with E-state index < -0.39 is 0 Å². The van der Waals surface area contributed by atoms with Crippen molar-refractivity contribution in [2.75, 3.05) is 46.1 Å². The Bertz CT molecular complexity index is 222. The summed E-state index contributed by atoms with van der Waals surface area (Å²) in [7, 11) is 0. The molecule has 3 atom stereocenters. The highest BCUT2D eigenvalue weighted by atomic mass is 16.5. The van der Waals surface area contributed by atoms with Crippen LogP contribution in [-0.4, -0.2) is 74.3 Å². The van der Waals surface area contributed by atoms with E-state index in [-0.39, 0.29) is 12.6 Å². The lowest BCUT2D eigenvalue weighted by molar-refractivity contribution is -0.0496. The lowest BCUT2D eigenvalue weighted by atomic mass is 10.0. The molecule has 2 heterocycles. The van der Waals surface area contributed by atoms with Gasteiger partial charge in [0.05, 0.1) is 39.1 Å². The van der Waals surface area contributed by atoms with E-state index >= 15 is 0 Å². The molecule has 0 aromatic heterocycles. The number of ether oxygens (including phenoxy) is 2. The van der Waals surface area contributed by atoms with Crippen LogP contribution in [0.3, 0.4) is 0 Å². The fraction of sp³-hybridized carbons (Fsp3) is 1.00. The molecule has 5 nitrogen and oxygen atoms in total. The second-order valence-corrected chi connectivity index (χ2v) is 4.96. The molecule has 0 aromatic carbocycles. The van der Waals surface area contributed by atoms with Crippen molar-refractivity contribution in [3.8, 4) is 0 Å². The summed E-state index contributed by atoms with van der Waals surface area (Å²) in [5.74, 6) is 0. The van der Waals surface area contributed by atoms with Crippen molar-refractivity contribution in [3.63, 3.8) is 0 Å². The quantitative estimate of drug-likeness (QED) is 0.695. The van der Waals surface area contributed by atoms with E-state index in [0.29, 0.717) is 18.7 Å². The van der Waals surface area contributed by atoms with Crippen LogP contribution >= 0.6 is 0 Å². The first-order chi connectivity index (χ1) is 8.31. The SMILES string of the molecule is CC(CC1COCCN1)N1CCOCC1CO. The summed E-state index contributed by atoms with van der Waals surface area (Å²) in [6, 6.07) is 1.06. The van der Waals surface area contributed by atoms with Gasteiger partial charge in [0, 0.05) is 25.2 Å². The molecule has 17 heavy (non-hydrogen) atoms. The Morgan fingerprint density at radius 2 is 2.18 bits per heavy atom. The van der Waals surface area contributed by atoms with Crippen LogP contribution in [-0.2, 0) is 9.47 Å². The van der Waals surface area contributed by atoms with Gasteiger partial charge in [-0.1, -0.05) is 0 Å². The van der Waals surface area contributed by atoms with Gasteiger partial charge >= 0.3 is 0 Å². The van der Waals surface area contributed by atoms with Gasteiger partial charge in [0.1, 0.15) is 0 Å². The van der Waals surface area contributed by atoms with Crippen molar-refractivity contribution in [3.05, 3.63) is 0 Å². The molecule has 0 aromatic rings. The van der Waals surface area contributed by atoms with Gasteiger partial charge < -0.3 is 19.9 Å². The molecule has 5 heteroatoms. The third kappa shape index (κ3) is 3.63. The summed E-state index contributed by atoms with van der Waals surface area (Å²) in [6.07, 6.45) is 1.07. The van der Waals surface area contributed by atoms with Gasteiger partial charge in [-0.2, -0.15) is 0 Å². The largest absolute Gasteiger partial charge is 0.395 e. The van der Waals surface area contributed by atoms with Crippen LogP contribution in [0.1, 0.15) is 13.3 Å². The van der Waals surface area contributed by atoms with E-state index in [4.69, 9.17) is 9.47 Å². The third-order valence-electron chi connectivity index (χ3n) is 3.67. The number of morpholine rings is 2. The van der Waals surface area contributed by atoms with Gasteiger partial charge in [0.25, 0.3) is 0 Å². The monoisotopic (exact) mass is 244 g/mol.